The maximum absolute atomic E-state index is 15.1. The molecule has 0 aliphatic carbocycles. The number of H-pyrrole nitrogens is 1. The molecule has 6 rings (SSSR count). The molecular weight excluding hydrogens is 476 g/mol. The maximum Gasteiger partial charge on any atom is 0.229 e. The lowest BCUT2D eigenvalue weighted by Crippen LogP contribution is -2.43. The molecule has 0 bridgehead atoms. The molecule has 1 atom stereocenters. The molecule has 4 aromatic rings. The van der Waals surface area contributed by atoms with E-state index < -0.39 is 11.6 Å². The third-order valence-electron chi connectivity index (χ3n) is 6.95. The van der Waals surface area contributed by atoms with Gasteiger partial charge in [0.25, 0.3) is 0 Å². The Hall–Kier alpha value is -3.99. The van der Waals surface area contributed by atoms with Gasteiger partial charge in [0.15, 0.2) is 5.82 Å². The van der Waals surface area contributed by atoms with Crippen molar-refractivity contribution in [3.63, 3.8) is 0 Å². The van der Waals surface area contributed by atoms with Crippen molar-refractivity contribution in [2.24, 2.45) is 0 Å². The summed E-state index contributed by atoms with van der Waals surface area (Å²) < 4.78 is 30.0. The van der Waals surface area contributed by atoms with E-state index in [1.165, 1.54) is 6.07 Å². The predicted octanol–water partition coefficient (Wildman–Crippen LogP) is 4.44. The fraction of sp³-hybridized carbons (Fsp3) is 0.346. The highest BCUT2D eigenvalue weighted by Gasteiger charge is 2.31. The zero-order valence-corrected chi connectivity index (χ0v) is 20.9. The molecule has 0 saturated carbocycles. The summed E-state index contributed by atoms with van der Waals surface area (Å²) >= 11 is 0. The van der Waals surface area contributed by atoms with Crippen molar-refractivity contribution in [3.8, 4) is 11.3 Å². The molecule has 4 N–H and O–H groups in total. The minimum absolute atomic E-state index is 0.0187. The van der Waals surface area contributed by atoms with Gasteiger partial charge in [-0.1, -0.05) is 0 Å². The van der Waals surface area contributed by atoms with Crippen LogP contribution >= 0.6 is 0 Å². The molecule has 1 unspecified atom stereocenters. The summed E-state index contributed by atoms with van der Waals surface area (Å²) in [7, 11) is 0. The molecule has 1 aromatic carbocycles. The lowest BCUT2D eigenvalue weighted by atomic mass is 10.1. The van der Waals surface area contributed by atoms with Crippen molar-refractivity contribution < 1.29 is 8.78 Å². The van der Waals surface area contributed by atoms with Crippen LogP contribution in [0.5, 0.6) is 0 Å². The van der Waals surface area contributed by atoms with Crippen molar-refractivity contribution in [3.05, 3.63) is 48.4 Å². The number of rotatable bonds is 5. The molecule has 1 fully saturated rings. The fourth-order valence-electron chi connectivity index (χ4n) is 5.31. The van der Waals surface area contributed by atoms with Gasteiger partial charge in [0, 0.05) is 49.4 Å². The number of nitrogens with one attached hydrogen (secondary N) is 4. The third-order valence-corrected chi connectivity index (χ3v) is 6.95. The second-order valence-corrected chi connectivity index (χ2v) is 9.68. The summed E-state index contributed by atoms with van der Waals surface area (Å²) in [6, 6.07) is 5.15. The van der Waals surface area contributed by atoms with E-state index in [1.54, 1.807) is 6.07 Å². The summed E-state index contributed by atoms with van der Waals surface area (Å²) in [5.74, 6) is -0.352. The first-order valence-electron chi connectivity index (χ1n) is 12.5. The van der Waals surface area contributed by atoms with E-state index in [1.807, 2.05) is 39.2 Å². The lowest BCUT2D eigenvalue weighted by Gasteiger charge is -2.29. The van der Waals surface area contributed by atoms with Crippen molar-refractivity contribution >= 4 is 39.7 Å². The number of nitrogens with zero attached hydrogens (tertiary/aromatic N) is 5. The van der Waals surface area contributed by atoms with Gasteiger partial charge in [-0.3, -0.25) is 0 Å². The van der Waals surface area contributed by atoms with Crippen LogP contribution in [-0.4, -0.2) is 58.3 Å². The van der Waals surface area contributed by atoms with Crippen LogP contribution in [0.3, 0.4) is 0 Å². The lowest BCUT2D eigenvalue weighted by molar-refractivity contribution is 0.589. The van der Waals surface area contributed by atoms with Crippen LogP contribution in [0.2, 0.25) is 0 Å². The van der Waals surface area contributed by atoms with Crippen LogP contribution in [0.15, 0.2) is 36.8 Å². The summed E-state index contributed by atoms with van der Waals surface area (Å²) in [6.45, 7) is 9.66. The molecule has 5 heterocycles. The Bertz CT molecular complexity index is 1460. The predicted molar refractivity (Wildman–Crippen MR) is 143 cm³/mol. The van der Waals surface area contributed by atoms with E-state index in [0.717, 1.165) is 49.0 Å². The standard InChI is InChI=1S/C26H29F2N9/c1-14(2)37-15(3)33-24-18(27)10-16(11-20(24)37)22-19(28)12-32-26(34-22)35-25-17-4-5-30-23(17)21(13-31-25)36-8-6-29-7-9-36/h4-5,10-15,29-30,33H,6-9H2,1-3H3,(H,31,32,34,35). The van der Waals surface area contributed by atoms with E-state index >= 15 is 4.39 Å². The van der Waals surface area contributed by atoms with Gasteiger partial charge in [0.2, 0.25) is 5.95 Å². The first kappa shape index (κ1) is 23.4. The molecule has 0 spiro atoms. The maximum atomic E-state index is 15.1. The van der Waals surface area contributed by atoms with Crippen LogP contribution in [0.1, 0.15) is 20.8 Å². The summed E-state index contributed by atoms with van der Waals surface area (Å²) in [4.78, 5) is 20.8. The number of benzene rings is 1. The smallest absolute Gasteiger partial charge is 0.229 e. The van der Waals surface area contributed by atoms with E-state index in [2.05, 4.69) is 45.7 Å². The average Bonchev–Trinajstić information content (AvgIpc) is 3.51. The average molecular weight is 506 g/mol. The van der Waals surface area contributed by atoms with E-state index in [4.69, 9.17) is 0 Å². The van der Waals surface area contributed by atoms with E-state index in [-0.39, 0.29) is 23.8 Å². The fourth-order valence-corrected chi connectivity index (χ4v) is 5.31. The Morgan fingerprint density at radius 3 is 2.65 bits per heavy atom. The highest BCUT2D eigenvalue weighted by molar-refractivity contribution is 5.98. The van der Waals surface area contributed by atoms with Gasteiger partial charge in [-0.15, -0.1) is 0 Å². The van der Waals surface area contributed by atoms with E-state index in [9.17, 15) is 4.39 Å². The molecule has 11 heteroatoms. The zero-order valence-electron chi connectivity index (χ0n) is 20.9. The summed E-state index contributed by atoms with van der Waals surface area (Å²) in [6.07, 6.45) is 4.70. The van der Waals surface area contributed by atoms with Gasteiger partial charge in [0.1, 0.15) is 17.3 Å². The van der Waals surface area contributed by atoms with Crippen molar-refractivity contribution in [1.82, 2.24) is 25.3 Å². The van der Waals surface area contributed by atoms with Crippen LogP contribution in [-0.2, 0) is 0 Å². The van der Waals surface area contributed by atoms with Crippen LogP contribution in [0.25, 0.3) is 22.2 Å². The van der Waals surface area contributed by atoms with Gasteiger partial charge in [-0.2, -0.15) is 0 Å². The molecule has 1 saturated heterocycles. The molecule has 192 valence electrons. The van der Waals surface area contributed by atoms with Crippen LogP contribution in [0.4, 0.5) is 37.6 Å². The number of anilines is 5. The number of halogens is 2. The van der Waals surface area contributed by atoms with Crippen LogP contribution < -0.4 is 25.8 Å². The molecule has 0 amide bonds. The molecular formula is C26H29F2N9. The SMILES string of the molecule is CC(C)N1c2cc(-c3nc(Nc4ncc(N5CCNCC5)c5[nH]ccc45)ncc3F)cc(F)c2NC1C. The third kappa shape index (κ3) is 4.08. The molecule has 37 heavy (non-hydrogen) atoms. The molecule has 2 aliphatic rings. The Labute approximate surface area is 213 Å². The van der Waals surface area contributed by atoms with E-state index in [0.29, 0.717) is 22.8 Å². The highest BCUT2D eigenvalue weighted by atomic mass is 19.1. The normalized spacial score (nSPS) is 17.4. The van der Waals surface area contributed by atoms with Crippen molar-refractivity contribution in [1.29, 1.82) is 0 Å². The minimum atomic E-state index is -0.631. The number of piperazine rings is 1. The first-order valence-corrected chi connectivity index (χ1v) is 12.5. The topological polar surface area (TPSA) is 97.0 Å². The second kappa shape index (κ2) is 9.15. The number of hydrogen-bond donors (Lipinski definition) is 4. The first-order chi connectivity index (χ1) is 17.9. The molecule has 3 aromatic heterocycles. The Balaban J connectivity index is 1.35. The minimum Gasteiger partial charge on any atom is -0.366 e. The quantitative estimate of drug-likeness (QED) is 0.316. The highest BCUT2D eigenvalue weighted by Crippen LogP contribution is 2.41. The molecule has 9 nitrogen and oxygen atoms in total. The van der Waals surface area contributed by atoms with Gasteiger partial charge in [0.05, 0.1) is 41.1 Å². The number of hydrogen-bond acceptors (Lipinski definition) is 8. The number of aromatic amines is 1. The number of fused-ring (bicyclic) bond motifs is 2. The Kier molecular flexibility index (Phi) is 5.79. The molecule has 0 radical (unpaired) electrons. The van der Waals surface area contributed by atoms with Gasteiger partial charge >= 0.3 is 0 Å². The summed E-state index contributed by atoms with van der Waals surface area (Å²) in [5.41, 5.74) is 3.45. The largest absolute Gasteiger partial charge is 0.366 e. The zero-order chi connectivity index (χ0) is 25.7. The van der Waals surface area contributed by atoms with Crippen LogP contribution in [0, 0.1) is 11.6 Å². The van der Waals surface area contributed by atoms with Gasteiger partial charge in [-0.05, 0) is 39.0 Å². The van der Waals surface area contributed by atoms with Gasteiger partial charge in [-0.25, -0.2) is 23.7 Å². The van der Waals surface area contributed by atoms with Crippen molar-refractivity contribution in [2.45, 2.75) is 33.0 Å². The monoisotopic (exact) mass is 505 g/mol. The number of aromatic nitrogens is 4. The Morgan fingerprint density at radius 2 is 1.86 bits per heavy atom. The van der Waals surface area contributed by atoms with Crippen molar-refractivity contribution in [2.75, 3.05) is 46.6 Å². The molecule has 2 aliphatic heterocycles. The Morgan fingerprint density at radius 1 is 1.05 bits per heavy atom. The summed E-state index contributed by atoms with van der Waals surface area (Å²) in [5, 5.41) is 10.5. The number of pyridine rings is 1. The van der Waals surface area contributed by atoms with Gasteiger partial charge < -0.3 is 30.7 Å². The second-order valence-electron chi connectivity index (χ2n) is 9.68.